The molecule has 0 aliphatic carbocycles. The van der Waals surface area contributed by atoms with E-state index >= 15 is 0 Å². The maximum Gasteiger partial charge on any atom is 0.267 e. The van der Waals surface area contributed by atoms with Crippen LogP contribution < -0.4 is 4.74 Å². The van der Waals surface area contributed by atoms with Gasteiger partial charge < -0.3 is 10.1 Å². The molecule has 0 aromatic heterocycles. The summed E-state index contributed by atoms with van der Waals surface area (Å²) in [5.41, 5.74) is 0.637. The predicted octanol–water partition coefficient (Wildman–Crippen LogP) is 3.65. The summed E-state index contributed by atoms with van der Waals surface area (Å²) in [5.74, 6) is 0.215. The van der Waals surface area contributed by atoms with Gasteiger partial charge in [0.2, 0.25) is 0 Å². The summed E-state index contributed by atoms with van der Waals surface area (Å²) in [6.45, 7) is 0.579. The van der Waals surface area contributed by atoms with Gasteiger partial charge in [-0.15, -0.1) is 12.6 Å². The molecule has 88 valence electrons. The minimum atomic E-state index is -2.53. The Morgan fingerprint density at radius 2 is 2.19 bits per heavy atom. The van der Waals surface area contributed by atoms with E-state index in [1.54, 1.807) is 25.3 Å². The highest BCUT2D eigenvalue weighted by molar-refractivity contribution is 5.54. The van der Waals surface area contributed by atoms with Crippen molar-refractivity contribution in [3.8, 4) is 5.75 Å². The molecule has 0 saturated carbocycles. The normalized spacial score (nSPS) is 11.3. The van der Waals surface area contributed by atoms with Gasteiger partial charge in [-0.1, -0.05) is 12.1 Å². The van der Waals surface area contributed by atoms with E-state index in [2.05, 4.69) is 5.32 Å². The van der Waals surface area contributed by atoms with E-state index < -0.39 is 6.43 Å². The monoisotopic (exact) mass is 226 g/mol. The average Bonchev–Trinajstić information content (AvgIpc) is 2.29. The fraction of sp³-hybridized carbons (Fsp3) is 0.333. The standard InChI is InChI=1S/C12H14F2NO/c1-15-7-3-4-9-5-6-11(16-2)10(8-9)12(13)14/h3-6,8,12H,7H2,1-2H3/q-1. The van der Waals surface area contributed by atoms with E-state index in [9.17, 15) is 8.78 Å². The molecule has 0 atom stereocenters. The van der Waals surface area contributed by atoms with Crippen molar-refractivity contribution in [3.05, 3.63) is 40.7 Å². The van der Waals surface area contributed by atoms with Crippen molar-refractivity contribution in [2.45, 2.75) is 6.43 Å². The molecule has 0 amide bonds. The Labute approximate surface area is 93.9 Å². The second kappa shape index (κ2) is 6.23. The van der Waals surface area contributed by atoms with Crippen LogP contribution in [0.4, 0.5) is 8.78 Å². The molecule has 0 heterocycles. The Morgan fingerprint density at radius 1 is 1.44 bits per heavy atom. The van der Waals surface area contributed by atoms with Crippen LogP contribution >= 0.6 is 0 Å². The average molecular weight is 226 g/mol. The Balaban J connectivity index is 2.93. The summed E-state index contributed by atoms with van der Waals surface area (Å²) < 4.78 is 30.2. The number of ether oxygens (including phenoxy) is 1. The minimum absolute atomic E-state index is 0.0851. The number of methoxy groups -OCH3 is 1. The third-order valence-electron chi connectivity index (χ3n) is 2.09. The third kappa shape index (κ3) is 3.31. The summed E-state index contributed by atoms with van der Waals surface area (Å²) in [4.78, 5) is 0. The van der Waals surface area contributed by atoms with Crippen molar-refractivity contribution in [2.75, 3.05) is 20.7 Å². The fourth-order valence-corrected chi connectivity index (χ4v) is 1.32. The fourth-order valence-electron chi connectivity index (χ4n) is 1.32. The molecular weight excluding hydrogens is 212 g/mol. The molecule has 4 heteroatoms. The molecule has 1 rings (SSSR count). The number of rotatable bonds is 5. The number of hydrogen-bond donors (Lipinski definition) is 0. The van der Waals surface area contributed by atoms with Crippen LogP contribution in [-0.4, -0.2) is 20.7 Å². The van der Waals surface area contributed by atoms with Gasteiger partial charge in [-0.05, 0) is 17.7 Å². The molecule has 0 N–H and O–H groups in total. The Hall–Kier alpha value is -1.42. The second-order valence-electron chi connectivity index (χ2n) is 3.20. The lowest BCUT2D eigenvalue weighted by Crippen LogP contribution is -1.93. The van der Waals surface area contributed by atoms with Crippen molar-refractivity contribution < 1.29 is 13.5 Å². The quantitative estimate of drug-likeness (QED) is 0.751. The Bertz CT molecular complexity index is 364. The SMILES string of the molecule is C[N-]CC=Cc1ccc(OC)c(C(F)F)c1. The van der Waals surface area contributed by atoms with Crippen LogP contribution in [0.25, 0.3) is 11.4 Å². The molecule has 0 aliphatic rings. The second-order valence-corrected chi connectivity index (χ2v) is 3.20. The van der Waals surface area contributed by atoms with Crippen molar-refractivity contribution in [3.63, 3.8) is 0 Å². The highest BCUT2D eigenvalue weighted by Crippen LogP contribution is 2.29. The largest absolute Gasteiger partial charge is 0.662 e. The minimum Gasteiger partial charge on any atom is -0.662 e. The lowest BCUT2D eigenvalue weighted by Gasteiger charge is -2.09. The van der Waals surface area contributed by atoms with Crippen LogP contribution in [0, 0.1) is 0 Å². The number of hydrogen-bond acceptors (Lipinski definition) is 1. The van der Waals surface area contributed by atoms with Crippen molar-refractivity contribution >= 4 is 6.08 Å². The van der Waals surface area contributed by atoms with Gasteiger partial charge in [0.1, 0.15) is 5.75 Å². The zero-order chi connectivity index (χ0) is 12.0. The number of alkyl halides is 2. The van der Waals surface area contributed by atoms with Crippen LogP contribution in [0.1, 0.15) is 17.6 Å². The van der Waals surface area contributed by atoms with E-state index in [1.807, 2.05) is 6.08 Å². The highest BCUT2D eigenvalue weighted by Gasteiger charge is 2.13. The van der Waals surface area contributed by atoms with E-state index in [-0.39, 0.29) is 11.3 Å². The molecule has 0 fully saturated rings. The van der Waals surface area contributed by atoms with Crippen molar-refractivity contribution in [2.24, 2.45) is 0 Å². The van der Waals surface area contributed by atoms with Crippen LogP contribution in [0.5, 0.6) is 5.75 Å². The van der Waals surface area contributed by atoms with Crippen LogP contribution in [0.3, 0.4) is 0 Å². The van der Waals surface area contributed by atoms with Gasteiger partial charge >= 0.3 is 0 Å². The summed E-state index contributed by atoms with van der Waals surface area (Å²) >= 11 is 0. The first-order valence-corrected chi connectivity index (χ1v) is 4.87. The first-order valence-electron chi connectivity index (χ1n) is 4.87. The zero-order valence-corrected chi connectivity index (χ0v) is 9.28. The van der Waals surface area contributed by atoms with Gasteiger partial charge in [0.25, 0.3) is 6.43 Å². The number of nitrogens with zero attached hydrogens (tertiary/aromatic N) is 1. The Kier molecular flexibility index (Phi) is 4.92. The molecular formula is C12H14F2NO-. The van der Waals surface area contributed by atoms with E-state index in [1.165, 1.54) is 13.2 Å². The maximum absolute atomic E-state index is 12.7. The lowest BCUT2D eigenvalue weighted by atomic mass is 10.1. The van der Waals surface area contributed by atoms with Crippen molar-refractivity contribution in [1.82, 2.24) is 0 Å². The predicted molar refractivity (Wildman–Crippen MR) is 61.1 cm³/mol. The molecule has 2 nitrogen and oxygen atoms in total. The van der Waals surface area contributed by atoms with E-state index in [4.69, 9.17) is 4.74 Å². The molecule has 16 heavy (non-hydrogen) atoms. The number of halogens is 2. The Morgan fingerprint density at radius 3 is 2.75 bits per heavy atom. The molecule has 0 spiro atoms. The van der Waals surface area contributed by atoms with Gasteiger partial charge in [0, 0.05) is 0 Å². The molecule has 0 radical (unpaired) electrons. The van der Waals surface area contributed by atoms with Gasteiger partial charge in [0.05, 0.1) is 12.7 Å². The molecule has 0 aliphatic heterocycles. The summed E-state index contributed by atoms with van der Waals surface area (Å²) in [5, 5.41) is 3.88. The molecule has 0 bridgehead atoms. The molecule has 1 aromatic rings. The number of benzene rings is 1. The van der Waals surface area contributed by atoms with Gasteiger partial charge in [-0.2, -0.15) is 7.05 Å². The van der Waals surface area contributed by atoms with Gasteiger partial charge in [0.15, 0.2) is 0 Å². The summed E-state index contributed by atoms with van der Waals surface area (Å²) in [6, 6.07) is 4.71. The van der Waals surface area contributed by atoms with E-state index in [0.717, 1.165) is 5.56 Å². The summed E-state index contributed by atoms with van der Waals surface area (Å²) in [7, 11) is 3.08. The molecule has 1 aromatic carbocycles. The smallest absolute Gasteiger partial charge is 0.267 e. The van der Waals surface area contributed by atoms with Crippen LogP contribution in [-0.2, 0) is 0 Å². The number of likely N-dealkylation sites (N-methyl/N-ethyl adjacent to an activating group) is 1. The van der Waals surface area contributed by atoms with Crippen molar-refractivity contribution in [1.29, 1.82) is 0 Å². The topological polar surface area (TPSA) is 23.3 Å². The van der Waals surface area contributed by atoms with E-state index in [0.29, 0.717) is 6.54 Å². The maximum atomic E-state index is 12.7. The first-order chi connectivity index (χ1) is 7.69. The van der Waals surface area contributed by atoms with Crippen LogP contribution in [0.2, 0.25) is 0 Å². The summed E-state index contributed by atoms with van der Waals surface area (Å²) in [6.07, 6.45) is 1.05. The molecule has 0 saturated heterocycles. The van der Waals surface area contributed by atoms with Gasteiger partial charge in [-0.3, -0.25) is 0 Å². The zero-order valence-electron chi connectivity index (χ0n) is 9.28. The first kappa shape index (κ1) is 12.6. The lowest BCUT2D eigenvalue weighted by molar-refractivity contribution is 0.147. The molecule has 0 unspecified atom stereocenters. The highest BCUT2D eigenvalue weighted by atomic mass is 19.3. The van der Waals surface area contributed by atoms with Crippen LogP contribution in [0.15, 0.2) is 24.3 Å². The van der Waals surface area contributed by atoms with Gasteiger partial charge in [-0.25, -0.2) is 8.78 Å². The third-order valence-corrected chi connectivity index (χ3v) is 2.09.